The van der Waals surface area contributed by atoms with Gasteiger partial charge in [-0.25, -0.2) is 9.78 Å². The van der Waals surface area contributed by atoms with Crippen LogP contribution < -0.4 is 5.32 Å². The van der Waals surface area contributed by atoms with Crippen LogP contribution in [0.3, 0.4) is 0 Å². The lowest BCUT2D eigenvalue weighted by atomic mass is 10.2. The van der Waals surface area contributed by atoms with Gasteiger partial charge in [-0.1, -0.05) is 0 Å². The van der Waals surface area contributed by atoms with E-state index in [-0.39, 0.29) is 0 Å². The maximum Gasteiger partial charge on any atom is 0.357 e. The molecule has 1 atom stereocenters. The topological polar surface area (TPSA) is 60.5 Å². The highest BCUT2D eigenvalue weighted by atomic mass is 32.1. The number of aromatic nitrogens is 1. The van der Waals surface area contributed by atoms with Crippen LogP contribution in [0.4, 0.5) is 5.13 Å². The summed E-state index contributed by atoms with van der Waals surface area (Å²) in [7, 11) is 1.35. The third-order valence-electron chi connectivity index (χ3n) is 2.67. The zero-order valence-electron chi connectivity index (χ0n) is 9.77. The molecule has 0 spiro atoms. The lowest BCUT2D eigenvalue weighted by Gasteiger charge is -2.08. The Balaban J connectivity index is 1.74. The minimum absolute atomic E-state index is 0.358. The quantitative estimate of drug-likeness (QED) is 0.815. The third kappa shape index (κ3) is 3.41. The first-order valence-electron chi connectivity index (χ1n) is 5.69. The van der Waals surface area contributed by atoms with Crippen LogP contribution in [0.2, 0.25) is 0 Å². The van der Waals surface area contributed by atoms with Crippen molar-refractivity contribution in [3.05, 3.63) is 11.1 Å². The summed E-state index contributed by atoms with van der Waals surface area (Å²) in [6, 6.07) is 0. The number of methoxy groups -OCH3 is 1. The van der Waals surface area contributed by atoms with E-state index < -0.39 is 5.97 Å². The molecule has 0 aromatic carbocycles. The zero-order chi connectivity index (χ0) is 12.1. The van der Waals surface area contributed by atoms with Crippen molar-refractivity contribution in [1.29, 1.82) is 0 Å². The molecular weight excluding hydrogens is 240 g/mol. The van der Waals surface area contributed by atoms with Gasteiger partial charge < -0.3 is 14.8 Å². The minimum Gasteiger partial charge on any atom is -0.464 e. The van der Waals surface area contributed by atoms with Crippen molar-refractivity contribution in [3.8, 4) is 0 Å². The molecule has 1 aliphatic rings. The standard InChI is InChI=1S/C11H16N2O3S/c1-15-10(14)9-7-17-11(13-9)12-5-4-8-3-2-6-16-8/h7-8H,2-6H2,1H3,(H,12,13). The SMILES string of the molecule is COC(=O)c1csc(NCCC2CCCO2)n1. The van der Waals surface area contributed by atoms with Gasteiger partial charge in [0.05, 0.1) is 13.2 Å². The van der Waals surface area contributed by atoms with Crippen molar-refractivity contribution < 1.29 is 14.3 Å². The molecule has 1 unspecified atom stereocenters. The van der Waals surface area contributed by atoms with Crippen LogP contribution in [0.1, 0.15) is 29.8 Å². The molecule has 0 saturated carbocycles. The molecular formula is C11H16N2O3S. The predicted octanol–water partition coefficient (Wildman–Crippen LogP) is 1.91. The van der Waals surface area contributed by atoms with Crippen molar-refractivity contribution in [2.75, 3.05) is 25.6 Å². The fourth-order valence-corrected chi connectivity index (χ4v) is 2.47. The molecule has 0 aliphatic carbocycles. The van der Waals surface area contributed by atoms with E-state index >= 15 is 0 Å². The first kappa shape index (κ1) is 12.3. The molecule has 1 aliphatic heterocycles. The van der Waals surface area contributed by atoms with Gasteiger partial charge in [-0.2, -0.15) is 0 Å². The Kier molecular flexibility index (Phi) is 4.33. The van der Waals surface area contributed by atoms with Crippen LogP contribution in [0.5, 0.6) is 0 Å². The highest BCUT2D eigenvalue weighted by Gasteiger charge is 2.15. The number of anilines is 1. The second kappa shape index (κ2) is 5.97. The number of ether oxygens (including phenoxy) is 2. The number of hydrogen-bond donors (Lipinski definition) is 1. The summed E-state index contributed by atoms with van der Waals surface area (Å²) in [6.45, 7) is 1.70. The van der Waals surface area contributed by atoms with Gasteiger partial charge in [0.25, 0.3) is 0 Å². The average Bonchev–Trinajstić information content (AvgIpc) is 2.99. The van der Waals surface area contributed by atoms with Gasteiger partial charge in [-0.05, 0) is 19.3 Å². The van der Waals surface area contributed by atoms with Crippen molar-refractivity contribution in [2.24, 2.45) is 0 Å². The Morgan fingerprint density at radius 2 is 2.65 bits per heavy atom. The normalized spacial score (nSPS) is 19.2. The van der Waals surface area contributed by atoms with Crippen LogP contribution in [0.15, 0.2) is 5.38 Å². The number of carbonyl (C=O) groups excluding carboxylic acids is 1. The van der Waals surface area contributed by atoms with Crippen molar-refractivity contribution >= 4 is 22.4 Å². The molecule has 1 aromatic heterocycles. The van der Waals surface area contributed by atoms with E-state index in [1.165, 1.54) is 18.4 Å². The number of esters is 1. The molecule has 1 aromatic rings. The zero-order valence-corrected chi connectivity index (χ0v) is 10.6. The second-order valence-corrected chi connectivity index (χ2v) is 4.74. The molecule has 0 radical (unpaired) electrons. The minimum atomic E-state index is -0.395. The summed E-state index contributed by atoms with van der Waals surface area (Å²) in [5.41, 5.74) is 0.358. The number of hydrogen-bond acceptors (Lipinski definition) is 6. The Morgan fingerprint density at radius 1 is 1.76 bits per heavy atom. The maximum atomic E-state index is 11.2. The van der Waals surface area contributed by atoms with E-state index in [0.29, 0.717) is 11.8 Å². The van der Waals surface area contributed by atoms with E-state index in [1.807, 2.05) is 0 Å². The average molecular weight is 256 g/mol. The van der Waals surface area contributed by atoms with E-state index in [1.54, 1.807) is 5.38 Å². The molecule has 0 bridgehead atoms. The number of rotatable bonds is 5. The van der Waals surface area contributed by atoms with Gasteiger partial charge in [0.1, 0.15) is 0 Å². The summed E-state index contributed by atoms with van der Waals surface area (Å²) in [5.74, 6) is -0.395. The van der Waals surface area contributed by atoms with E-state index in [2.05, 4.69) is 15.0 Å². The first-order chi connectivity index (χ1) is 8.29. The third-order valence-corrected chi connectivity index (χ3v) is 3.47. The molecule has 2 heterocycles. The largest absolute Gasteiger partial charge is 0.464 e. The van der Waals surface area contributed by atoms with Crippen molar-refractivity contribution in [2.45, 2.75) is 25.4 Å². The van der Waals surface area contributed by atoms with Gasteiger partial charge in [-0.3, -0.25) is 0 Å². The Hall–Kier alpha value is -1.14. The highest BCUT2D eigenvalue weighted by Crippen LogP contribution is 2.18. The van der Waals surface area contributed by atoms with Crippen molar-refractivity contribution in [3.63, 3.8) is 0 Å². The summed E-state index contributed by atoms with van der Waals surface area (Å²) in [6.07, 6.45) is 3.66. The highest BCUT2D eigenvalue weighted by molar-refractivity contribution is 7.13. The number of nitrogens with one attached hydrogen (secondary N) is 1. The number of thiazole rings is 1. The van der Waals surface area contributed by atoms with Gasteiger partial charge in [0.2, 0.25) is 0 Å². The molecule has 0 amide bonds. The lowest BCUT2D eigenvalue weighted by molar-refractivity contribution is 0.0595. The molecule has 1 N–H and O–H groups in total. The van der Waals surface area contributed by atoms with Crippen LogP contribution in [-0.4, -0.2) is 37.3 Å². The Morgan fingerprint density at radius 3 is 3.35 bits per heavy atom. The Bertz CT molecular complexity index is 375. The molecule has 1 saturated heterocycles. The Labute approximate surface area is 104 Å². The molecule has 1 fully saturated rings. The predicted molar refractivity (Wildman–Crippen MR) is 65.5 cm³/mol. The fraction of sp³-hybridized carbons (Fsp3) is 0.636. The molecule has 17 heavy (non-hydrogen) atoms. The number of nitrogens with zero attached hydrogens (tertiary/aromatic N) is 1. The smallest absolute Gasteiger partial charge is 0.357 e. The van der Waals surface area contributed by atoms with Crippen molar-refractivity contribution in [1.82, 2.24) is 4.98 Å². The van der Waals surface area contributed by atoms with Crippen LogP contribution >= 0.6 is 11.3 Å². The summed E-state index contributed by atoms with van der Waals surface area (Å²) < 4.78 is 10.1. The van der Waals surface area contributed by atoms with Gasteiger partial charge in [0.15, 0.2) is 10.8 Å². The maximum absolute atomic E-state index is 11.2. The van der Waals surface area contributed by atoms with E-state index in [4.69, 9.17) is 4.74 Å². The summed E-state index contributed by atoms with van der Waals surface area (Å²) >= 11 is 1.41. The van der Waals surface area contributed by atoms with Crippen LogP contribution in [-0.2, 0) is 9.47 Å². The van der Waals surface area contributed by atoms with E-state index in [0.717, 1.165) is 37.5 Å². The summed E-state index contributed by atoms with van der Waals surface area (Å²) in [5, 5.41) is 5.64. The summed E-state index contributed by atoms with van der Waals surface area (Å²) in [4.78, 5) is 15.3. The fourth-order valence-electron chi connectivity index (χ4n) is 1.77. The second-order valence-electron chi connectivity index (χ2n) is 3.88. The van der Waals surface area contributed by atoms with Crippen LogP contribution in [0.25, 0.3) is 0 Å². The molecule has 2 rings (SSSR count). The lowest BCUT2D eigenvalue weighted by Crippen LogP contribution is -2.12. The molecule has 6 heteroatoms. The van der Waals surface area contributed by atoms with Gasteiger partial charge in [-0.15, -0.1) is 11.3 Å². The monoisotopic (exact) mass is 256 g/mol. The van der Waals surface area contributed by atoms with E-state index in [9.17, 15) is 4.79 Å². The molecule has 94 valence electrons. The van der Waals surface area contributed by atoms with Crippen LogP contribution in [0, 0.1) is 0 Å². The molecule has 5 nitrogen and oxygen atoms in total. The number of carbonyl (C=O) groups is 1. The van der Waals surface area contributed by atoms with Gasteiger partial charge in [0, 0.05) is 18.5 Å². The first-order valence-corrected chi connectivity index (χ1v) is 6.57. The van der Waals surface area contributed by atoms with Gasteiger partial charge >= 0.3 is 5.97 Å².